The zero-order chi connectivity index (χ0) is 14.3. The van der Waals surface area contributed by atoms with E-state index < -0.39 is 14.9 Å². The summed E-state index contributed by atoms with van der Waals surface area (Å²) >= 11 is 0.968. The smallest absolute Gasteiger partial charge is 0.293 e. The SMILES string of the molecule is O=COCCCS(=O)(=O)N1CC=CSC1=C[N+](=O)[O-]. The zero-order valence-corrected chi connectivity index (χ0v) is 11.4. The van der Waals surface area contributed by atoms with Crippen molar-refractivity contribution in [1.82, 2.24) is 4.31 Å². The summed E-state index contributed by atoms with van der Waals surface area (Å²) in [6.07, 6.45) is 2.40. The summed E-state index contributed by atoms with van der Waals surface area (Å²) in [7, 11) is -3.67. The van der Waals surface area contributed by atoms with E-state index in [4.69, 9.17) is 0 Å². The Morgan fingerprint density at radius 3 is 2.95 bits per heavy atom. The largest absolute Gasteiger partial charge is 0.468 e. The third-order valence-corrected chi connectivity index (χ3v) is 4.92. The van der Waals surface area contributed by atoms with Crippen molar-refractivity contribution in [3.05, 3.63) is 32.8 Å². The molecular weight excluding hydrogens is 296 g/mol. The summed E-state index contributed by atoms with van der Waals surface area (Å²) in [5.41, 5.74) is 0. The van der Waals surface area contributed by atoms with Crippen LogP contribution in [0.5, 0.6) is 0 Å². The fourth-order valence-electron chi connectivity index (χ4n) is 1.32. The van der Waals surface area contributed by atoms with Crippen molar-refractivity contribution >= 4 is 28.3 Å². The van der Waals surface area contributed by atoms with E-state index in [9.17, 15) is 23.3 Å². The molecule has 0 saturated heterocycles. The molecule has 8 nitrogen and oxygen atoms in total. The van der Waals surface area contributed by atoms with Gasteiger partial charge < -0.3 is 4.74 Å². The van der Waals surface area contributed by atoms with Crippen LogP contribution >= 0.6 is 11.8 Å². The number of ether oxygens (including phenoxy) is 1. The van der Waals surface area contributed by atoms with E-state index in [-0.39, 0.29) is 36.8 Å². The molecule has 19 heavy (non-hydrogen) atoms. The summed E-state index contributed by atoms with van der Waals surface area (Å²) in [5, 5.41) is 12.1. The van der Waals surface area contributed by atoms with Gasteiger partial charge in [-0.2, -0.15) is 0 Å². The number of hydrogen-bond donors (Lipinski definition) is 0. The maximum atomic E-state index is 12.0. The first-order chi connectivity index (χ1) is 8.97. The van der Waals surface area contributed by atoms with Crippen molar-refractivity contribution in [2.45, 2.75) is 6.42 Å². The molecule has 0 unspecified atom stereocenters. The standard InChI is InChI=1S/C9H12N2O6S2/c12-8-17-4-2-6-19(15,16)10-3-1-5-18-9(10)7-11(13)14/h1,5,7-8H,2-4,6H2. The highest BCUT2D eigenvalue weighted by Crippen LogP contribution is 2.28. The molecule has 0 fully saturated rings. The lowest BCUT2D eigenvalue weighted by molar-refractivity contribution is -0.403. The van der Waals surface area contributed by atoms with E-state index in [1.807, 2.05) is 0 Å². The van der Waals surface area contributed by atoms with E-state index in [0.29, 0.717) is 6.20 Å². The van der Waals surface area contributed by atoms with Gasteiger partial charge in [0.05, 0.1) is 23.8 Å². The molecule has 1 heterocycles. The van der Waals surface area contributed by atoms with E-state index in [2.05, 4.69) is 4.74 Å². The average Bonchev–Trinajstić information content (AvgIpc) is 2.34. The van der Waals surface area contributed by atoms with E-state index >= 15 is 0 Å². The second-order valence-corrected chi connectivity index (χ2v) is 6.35. The molecule has 1 rings (SSSR count). The summed E-state index contributed by atoms with van der Waals surface area (Å²) < 4.78 is 29.4. The second-order valence-electron chi connectivity index (χ2n) is 3.41. The molecule has 0 radical (unpaired) electrons. The summed E-state index contributed by atoms with van der Waals surface area (Å²) in [6, 6.07) is 0. The zero-order valence-electron chi connectivity index (χ0n) is 9.80. The number of hydrogen-bond acceptors (Lipinski definition) is 7. The highest BCUT2D eigenvalue weighted by Gasteiger charge is 2.27. The van der Waals surface area contributed by atoms with Gasteiger partial charge in [0.1, 0.15) is 0 Å². The quantitative estimate of drug-likeness (QED) is 0.292. The molecule has 0 N–H and O–H groups in total. The van der Waals surface area contributed by atoms with Crippen molar-refractivity contribution in [3.8, 4) is 0 Å². The van der Waals surface area contributed by atoms with E-state index in [0.717, 1.165) is 16.1 Å². The third-order valence-electron chi connectivity index (χ3n) is 2.09. The van der Waals surface area contributed by atoms with Crippen LogP contribution in [0, 0.1) is 10.1 Å². The Balaban J connectivity index is 2.76. The number of carbonyl (C=O) groups excluding carboxylic acids is 1. The van der Waals surface area contributed by atoms with Crippen LogP contribution in [0.15, 0.2) is 22.7 Å². The highest BCUT2D eigenvalue weighted by molar-refractivity contribution is 8.06. The summed E-state index contributed by atoms with van der Waals surface area (Å²) in [4.78, 5) is 19.7. The molecule has 0 aromatic heterocycles. The first-order valence-electron chi connectivity index (χ1n) is 5.20. The van der Waals surface area contributed by atoms with Gasteiger partial charge in [0.2, 0.25) is 10.0 Å². The van der Waals surface area contributed by atoms with Gasteiger partial charge in [0, 0.05) is 0 Å². The van der Waals surface area contributed by atoms with Crippen molar-refractivity contribution < 1.29 is 22.9 Å². The average molecular weight is 308 g/mol. The van der Waals surface area contributed by atoms with Crippen LogP contribution in [0.1, 0.15) is 6.42 Å². The Bertz CT molecular complexity index is 499. The van der Waals surface area contributed by atoms with Gasteiger partial charge in [-0.15, -0.1) is 0 Å². The first kappa shape index (κ1) is 15.5. The molecule has 0 spiro atoms. The van der Waals surface area contributed by atoms with Crippen LogP contribution in [0.3, 0.4) is 0 Å². The molecule has 0 aliphatic carbocycles. The topological polar surface area (TPSA) is 107 Å². The van der Waals surface area contributed by atoms with Gasteiger partial charge in [-0.3, -0.25) is 19.2 Å². The molecule has 106 valence electrons. The monoisotopic (exact) mass is 308 g/mol. The second kappa shape index (κ2) is 7.14. The Morgan fingerprint density at radius 2 is 2.32 bits per heavy atom. The molecule has 0 aromatic rings. The minimum absolute atomic E-state index is 0.00612. The number of nitro groups is 1. The lowest BCUT2D eigenvalue weighted by Gasteiger charge is -2.25. The molecule has 0 amide bonds. The van der Waals surface area contributed by atoms with Gasteiger partial charge in [0.15, 0.2) is 5.03 Å². The predicted molar refractivity (Wildman–Crippen MR) is 68.9 cm³/mol. The number of nitrogens with zero attached hydrogens (tertiary/aromatic N) is 2. The van der Waals surface area contributed by atoms with Crippen LogP contribution in [0.25, 0.3) is 0 Å². The maximum Gasteiger partial charge on any atom is 0.293 e. The lowest BCUT2D eigenvalue weighted by Crippen LogP contribution is -2.33. The summed E-state index contributed by atoms with van der Waals surface area (Å²) in [5.74, 6) is -0.246. The lowest BCUT2D eigenvalue weighted by atomic mass is 10.5. The van der Waals surface area contributed by atoms with Crippen LogP contribution in [-0.2, 0) is 19.6 Å². The first-order valence-corrected chi connectivity index (χ1v) is 7.69. The number of sulfonamides is 1. The van der Waals surface area contributed by atoms with Gasteiger partial charge in [-0.05, 0) is 11.8 Å². The number of rotatable bonds is 7. The minimum Gasteiger partial charge on any atom is -0.468 e. The van der Waals surface area contributed by atoms with Gasteiger partial charge >= 0.3 is 0 Å². The molecule has 1 aliphatic rings. The van der Waals surface area contributed by atoms with Crippen molar-refractivity contribution in [2.75, 3.05) is 18.9 Å². The fraction of sp³-hybridized carbons (Fsp3) is 0.444. The Hall–Kier alpha value is -1.55. The van der Waals surface area contributed by atoms with Crippen LogP contribution in [0.2, 0.25) is 0 Å². The maximum absolute atomic E-state index is 12.0. The van der Waals surface area contributed by atoms with Crippen LogP contribution in [0.4, 0.5) is 0 Å². The van der Waals surface area contributed by atoms with Crippen LogP contribution < -0.4 is 0 Å². The molecule has 0 bridgehead atoms. The van der Waals surface area contributed by atoms with E-state index in [1.54, 1.807) is 11.5 Å². The Labute approximate surface area is 114 Å². The minimum atomic E-state index is -3.67. The number of carbonyl (C=O) groups is 1. The van der Waals surface area contributed by atoms with Gasteiger partial charge in [-0.25, -0.2) is 8.42 Å². The van der Waals surface area contributed by atoms with Gasteiger partial charge in [0.25, 0.3) is 12.7 Å². The summed E-state index contributed by atoms with van der Waals surface area (Å²) in [6.45, 7) is 0.293. The van der Waals surface area contributed by atoms with Crippen molar-refractivity contribution in [3.63, 3.8) is 0 Å². The molecule has 1 aliphatic heterocycles. The van der Waals surface area contributed by atoms with E-state index in [1.165, 1.54) is 0 Å². The molecule has 10 heteroatoms. The fourth-order valence-corrected chi connectivity index (χ4v) is 3.79. The van der Waals surface area contributed by atoms with Gasteiger partial charge in [-0.1, -0.05) is 17.8 Å². The predicted octanol–water partition coefficient (Wildman–Crippen LogP) is 0.517. The van der Waals surface area contributed by atoms with Crippen molar-refractivity contribution in [2.24, 2.45) is 0 Å². The van der Waals surface area contributed by atoms with Crippen LogP contribution in [-0.4, -0.2) is 43.0 Å². The Kier molecular flexibility index (Phi) is 5.83. The molecule has 0 saturated carbocycles. The highest BCUT2D eigenvalue weighted by atomic mass is 32.2. The molecule has 0 atom stereocenters. The number of thioether (sulfide) groups is 1. The Morgan fingerprint density at radius 1 is 1.58 bits per heavy atom. The molecule has 0 aromatic carbocycles. The molecular formula is C9H12N2O6S2. The third kappa shape index (κ3) is 4.91. The normalized spacial score (nSPS) is 17.5. The van der Waals surface area contributed by atoms with Crippen molar-refractivity contribution in [1.29, 1.82) is 0 Å².